The highest BCUT2D eigenvalue weighted by atomic mass is 16.5. The molecule has 1 aromatic carbocycles. The minimum atomic E-state index is 0.0591. The summed E-state index contributed by atoms with van der Waals surface area (Å²) in [4.78, 5) is 13.4. The average Bonchev–Trinajstić information content (AvgIpc) is 2.52. The zero-order chi connectivity index (χ0) is 14.2. The van der Waals surface area contributed by atoms with Crippen molar-refractivity contribution in [2.24, 2.45) is 5.92 Å². The van der Waals surface area contributed by atoms with E-state index in [1.165, 1.54) is 11.6 Å². The molecule has 3 heteroatoms. The van der Waals surface area contributed by atoms with Gasteiger partial charge in [0, 0.05) is 19.7 Å². The molecule has 0 aliphatic carbocycles. The van der Waals surface area contributed by atoms with Crippen LogP contribution in [0.5, 0.6) is 0 Å². The van der Waals surface area contributed by atoms with E-state index in [1.54, 1.807) is 0 Å². The number of benzene rings is 1. The number of likely N-dealkylation sites (tertiary alicyclic amines) is 1. The molecule has 0 spiro atoms. The zero-order valence-corrected chi connectivity index (χ0v) is 12.0. The van der Waals surface area contributed by atoms with Crippen LogP contribution in [0.3, 0.4) is 0 Å². The number of nitrogens with zero attached hydrogens (tertiary/aromatic N) is 1. The summed E-state index contributed by atoms with van der Waals surface area (Å²) in [6.45, 7) is 6.73. The molecule has 0 unspecified atom stereocenters. The first-order valence-electron chi connectivity index (χ1n) is 7.32. The number of hydrogen-bond donors (Lipinski definition) is 0. The molecule has 1 amide bonds. The highest BCUT2D eigenvalue weighted by Gasteiger charge is 2.20. The fourth-order valence-corrected chi connectivity index (χ4v) is 2.59. The van der Waals surface area contributed by atoms with Crippen LogP contribution in [-0.2, 0) is 16.1 Å². The number of carbonyl (C=O) groups is 1. The summed E-state index contributed by atoms with van der Waals surface area (Å²) in [5.74, 6) is 0.739. The monoisotopic (exact) mass is 273 g/mol. The molecule has 1 aromatic rings. The van der Waals surface area contributed by atoms with Crippen LogP contribution in [0.4, 0.5) is 0 Å². The highest BCUT2D eigenvalue weighted by Crippen LogP contribution is 2.20. The number of piperidine rings is 1. The van der Waals surface area contributed by atoms with Crippen LogP contribution in [0.15, 0.2) is 43.0 Å². The maximum Gasteiger partial charge on any atom is 0.245 e. The van der Waals surface area contributed by atoms with E-state index in [1.807, 2.05) is 23.1 Å². The van der Waals surface area contributed by atoms with Crippen LogP contribution in [0.1, 0.15) is 24.8 Å². The van der Waals surface area contributed by atoms with Crippen molar-refractivity contribution in [3.05, 3.63) is 48.6 Å². The van der Waals surface area contributed by atoms with Crippen LogP contribution in [0.2, 0.25) is 0 Å². The summed E-state index contributed by atoms with van der Waals surface area (Å²) in [5.41, 5.74) is 1.22. The summed E-state index contributed by atoms with van der Waals surface area (Å²) >= 11 is 0. The molecule has 0 atom stereocenters. The Balaban J connectivity index is 1.59. The number of ether oxygens (including phenoxy) is 1. The molecule has 108 valence electrons. The van der Waals surface area contributed by atoms with Gasteiger partial charge in [-0.2, -0.15) is 0 Å². The van der Waals surface area contributed by atoms with Gasteiger partial charge in [0.25, 0.3) is 0 Å². The first-order chi connectivity index (χ1) is 9.79. The van der Waals surface area contributed by atoms with Gasteiger partial charge < -0.3 is 9.64 Å². The lowest BCUT2D eigenvalue weighted by Crippen LogP contribution is -2.37. The molecular weight excluding hydrogens is 250 g/mol. The minimum absolute atomic E-state index is 0.0591. The fourth-order valence-electron chi connectivity index (χ4n) is 2.59. The van der Waals surface area contributed by atoms with Crippen molar-refractivity contribution in [2.45, 2.75) is 25.9 Å². The Morgan fingerprint density at radius 1 is 1.30 bits per heavy atom. The molecular formula is C17H23NO2. The van der Waals surface area contributed by atoms with Gasteiger partial charge in [-0.15, -0.1) is 0 Å². The Kier molecular flexibility index (Phi) is 5.81. The van der Waals surface area contributed by atoms with Crippen molar-refractivity contribution >= 4 is 5.91 Å². The lowest BCUT2D eigenvalue weighted by Gasteiger charge is -2.31. The number of hydrogen-bond acceptors (Lipinski definition) is 2. The first-order valence-corrected chi connectivity index (χ1v) is 7.32. The van der Waals surface area contributed by atoms with Crippen molar-refractivity contribution in [1.29, 1.82) is 0 Å². The number of amides is 1. The van der Waals surface area contributed by atoms with Crippen LogP contribution in [0.25, 0.3) is 0 Å². The average molecular weight is 273 g/mol. The van der Waals surface area contributed by atoms with Crippen molar-refractivity contribution in [3.8, 4) is 0 Å². The van der Waals surface area contributed by atoms with Gasteiger partial charge in [-0.05, 0) is 36.8 Å². The smallest absolute Gasteiger partial charge is 0.245 e. The number of carbonyl (C=O) groups excluding carboxylic acids is 1. The van der Waals surface area contributed by atoms with E-state index >= 15 is 0 Å². The van der Waals surface area contributed by atoms with E-state index < -0.39 is 0 Å². The molecule has 0 N–H and O–H groups in total. The van der Waals surface area contributed by atoms with Gasteiger partial charge in [0.15, 0.2) is 0 Å². The van der Waals surface area contributed by atoms with Gasteiger partial charge >= 0.3 is 0 Å². The van der Waals surface area contributed by atoms with Gasteiger partial charge in [0.2, 0.25) is 5.91 Å². The van der Waals surface area contributed by atoms with Crippen molar-refractivity contribution in [3.63, 3.8) is 0 Å². The molecule has 1 heterocycles. The van der Waals surface area contributed by atoms with E-state index in [4.69, 9.17) is 4.74 Å². The van der Waals surface area contributed by atoms with Crippen LogP contribution < -0.4 is 0 Å². The van der Waals surface area contributed by atoms with Crippen molar-refractivity contribution in [1.82, 2.24) is 4.90 Å². The number of rotatable bonds is 6. The Labute approximate surface area is 121 Å². The Bertz CT molecular complexity index is 422. The van der Waals surface area contributed by atoms with E-state index in [9.17, 15) is 4.79 Å². The molecule has 0 radical (unpaired) electrons. The van der Waals surface area contributed by atoms with E-state index in [0.29, 0.717) is 12.5 Å². The maximum absolute atomic E-state index is 11.5. The second-order valence-electron chi connectivity index (χ2n) is 5.30. The largest absolute Gasteiger partial charge is 0.377 e. The van der Waals surface area contributed by atoms with Crippen LogP contribution in [-0.4, -0.2) is 30.5 Å². The second kappa shape index (κ2) is 7.85. The molecule has 0 bridgehead atoms. The summed E-state index contributed by atoms with van der Waals surface area (Å²) in [6.07, 6.45) is 4.65. The third-order valence-electron chi connectivity index (χ3n) is 3.88. The van der Waals surface area contributed by atoms with Gasteiger partial charge in [-0.1, -0.05) is 36.9 Å². The maximum atomic E-state index is 11.5. The topological polar surface area (TPSA) is 29.5 Å². The summed E-state index contributed by atoms with van der Waals surface area (Å²) in [5, 5.41) is 0. The molecule has 0 aromatic heterocycles. The molecule has 3 nitrogen and oxygen atoms in total. The third kappa shape index (κ3) is 4.49. The molecule has 2 rings (SSSR count). The molecule has 1 saturated heterocycles. The molecule has 0 saturated carbocycles. The van der Waals surface area contributed by atoms with E-state index in [-0.39, 0.29) is 5.91 Å². The molecule has 1 aliphatic rings. The predicted octanol–water partition coefficient (Wildman–Crippen LogP) is 3.02. The molecule has 1 fully saturated rings. The van der Waals surface area contributed by atoms with E-state index in [0.717, 1.165) is 39.0 Å². The van der Waals surface area contributed by atoms with Gasteiger partial charge in [-0.3, -0.25) is 4.79 Å². The van der Waals surface area contributed by atoms with Gasteiger partial charge in [0.1, 0.15) is 0 Å². The van der Waals surface area contributed by atoms with Gasteiger partial charge in [-0.25, -0.2) is 0 Å². The third-order valence-corrected chi connectivity index (χ3v) is 3.88. The Morgan fingerprint density at radius 2 is 2.00 bits per heavy atom. The van der Waals surface area contributed by atoms with Crippen molar-refractivity contribution < 1.29 is 9.53 Å². The summed E-state index contributed by atoms with van der Waals surface area (Å²) < 4.78 is 5.72. The second-order valence-corrected chi connectivity index (χ2v) is 5.30. The van der Waals surface area contributed by atoms with Gasteiger partial charge in [0.05, 0.1) is 6.61 Å². The zero-order valence-electron chi connectivity index (χ0n) is 12.0. The van der Waals surface area contributed by atoms with Crippen LogP contribution >= 0.6 is 0 Å². The Hall–Kier alpha value is -1.61. The highest BCUT2D eigenvalue weighted by molar-refractivity contribution is 5.87. The predicted molar refractivity (Wildman–Crippen MR) is 80.2 cm³/mol. The van der Waals surface area contributed by atoms with Crippen molar-refractivity contribution in [2.75, 3.05) is 19.7 Å². The Morgan fingerprint density at radius 3 is 2.65 bits per heavy atom. The minimum Gasteiger partial charge on any atom is -0.377 e. The fraction of sp³-hybridized carbons (Fsp3) is 0.471. The lowest BCUT2D eigenvalue weighted by molar-refractivity contribution is -0.127. The lowest BCUT2D eigenvalue weighted by atomic mass is 9.94. The molecule has 1 aliphatic heterocycles. The summed E-state index contributed by atoms with van der Waals surface area (Å²) in [6, 6.07) is 10.2. The standard InChI is InChI=1S/C17H23NO2/c1-2-17(19)18-11-8-15(9-12-18)10-13-20-14-16-6-4-3-5-7-16/h2-7,15H,1,8-14H2. The summed E-state index contributed by atoms with van der Waals surface area (Å²) in [7, 11) is 0. The SMILES string of the molecule is C=CC(=O)N1CCC(CCOCc2ccccc2)CC1. The first kappa shape index (κ1) is 14.8. The molecule has 20 heavy (non-hydrogen) atoms. The normalized spacial score (nSPS) is 16.1. The quantitative estimate of drug-likeness (QED) is 0.589. The van der Waals surface area contributed by atoms with E-state index in [2.05, 4.69) is 18.7 Å². The van der Waals surface area contributed by atoms with Crippen LogP contribution in [0, 0.1) is 5.92 Å².